The Hall–Kier alpha value is -0.910. The van der Waals surface area contributed by atoms with Gasteiger partial charge in [-0.15, -0.1) is 0 Å². The number of hydrogen-bond donors (Lipinski definition) is 0. The first kappa shape index (κ1) is 15.0. The third kappa shape index (κ3) is 3.47. The highest BCUT2D eigenvalue weighted by atomic mass is 32.1. The average Bonchev–Trinajstić information content (AvgIpc) is 3.11. The van der Waals surface area contributed by atoms with Gasteiger partial charge in [0.05, 0.1) is 24.7 Å². The second kappa shape index (κ2) is 6.46. The maximum atomic E-state index is 12.3. The second-order valence-corrected chi connectivity index (χ2v) is 6.74. The van der Waals surface area contributed by atoms with Crippen molar-refractivity contribution in [2.45, 2.75) is 44.3 Å². The van der Waals surface area contributed by atoms with Gasteiger partial charge in [0.15, 0.2) is 0 Å². The summed E-state index contributed by atoms with van der Waals surface area (Å²) in [6.45, 7) is 5.09. The van der Waals surface area contributed by atoms with E-state index >= 15 is 0 Å². The van der Waals surface area contributed by atoms with E-state index in [-0.39, 0.29) is 17.6 Å². The van der Waals surface area contributed by atoms with E-state index in [0.717, 1.165) is 44.5 Å². The number of piperidine rings is 1. The minimum absolute atomic E-state index is 0.0427. The van der Waals surface area contributed by atoms with Gasteiger partial charge in [0, 0.05) is 26.1 Å². The van der Waals surface area contributed by atoms with Crippen LogP contribution in [-0.4, -0.2) is 48.8 Å². The van der Waals surface area contributed by atoms with Gasteiger partial charge in [0.25, 0.3) is 0 Å². The molecule has 3 rings (SSSR count). The van der Waals surface area contributed by atoms with Crippen LogP contribution in [0.2, 0.25) is 0 Å². The van der Waals surface area contributed by atoms with Gasteiger partial charge in [-0.2, -0.15) is 11.3 Å². The lowest BCUT2D eigenvalue weighted by Gasteiger charge is -2.38. The first-order chi connectivity index (χ1) is 10.2. The fourth-order valence-corrected chi connectivity index (χ4v) is 4.01. The van der Waals surface area contributed by atoms with Crippen LogP contribution in [-0.2, 0) is 20.7 Å². The van der Waals surface area contributed by atoms with Crippen LogP contribution >= 0.6 is 11.3 Å². The number of carbonyl (C=O) groups excluding carboxylic acids is 1. The normalized spacial score (nSPS) is 24.6. The number of rotatable bonds is 4. The van der Waals surface area contributed by atoms with Gasteiger partial charge in [-0.1, -0.05) is 0 Å². The summed E-state index contributed by atoms with van der Waals surface area (Å²) < 4.78 is 11.7. The molecule has 3 heterocycles. The molecule has 116 valence electrons. The molecule has 21 heavy (non-hydrogen) atoms. The largest absolute Gasteiger partial charge is 0.376 e. The van der Waals surface area contributed by atoms with Gasteiger partial charge >= 0.3 is 0 Å². The molecular weight excluding hydrogens is 286 g/mol. The van der Waals surface area contributed by atoms with Crippen LogP contribution in [0.25, 0.3) is 0 Å². The van der Waals surface area contributed by atoms with Gasteiger partial charge in [-0.25, -0.2) is 0 Å². The van der Waals surface area contributed by atoms with Gasteiger partial charge in [-0.3, -0.25) is 4.79 Å². The molecule has 0 aliphatic carbocycles. The Morgan fingerprint density at radius 2 is 2.33 bits per heavy atom. The Bertz CT molecular complexity index is 466. The van der Waals surface area contributed by atoms with E-state index in [1.807, 2.05) is 23.3 Å². The number of thiophene rings is 1. The van der Waals surface area contributed by atoms with E-state index in [9.17, 15) is 4.79 Å². The molecule has 2 fully saturated rings. The zero-order chi connectivity index (χ0) is 14.7. The van der Waals surface area contributed by atoms with E-state index in [0.29, 0.717) is 13.0 Å². The molecule has 1 aromatic heterocycles. The molecule has 2 saturated heterocycles. The van der Waals surface area contributed by atoms with E-state index in [1.54, 1.807) is 11.3 Å². The molecule has 0 bridgehead atoms. The number of ether oxygens (including phenoxy) is 2. The lowest BCUT2D eigenvalue weighted by atomic mass is 9.88. The predicted octanol–water partition coefficient (Wildman–Crippen LogP) is 2.48. The third-order valence-electron chi connectivity index (χ3n) is 4.54. The maximum Gasteiger partial charge on any atom is 0.227 e. The Labute approximate surface area is 130 Å². The van der Waals surface area contributed by atoms with E-state index in [2.05, 4.69) is 5.38 Å². The molecule has 0 aromatic carbocycles. The third-order valence-corrected chi connectivity index (χ3v) is 5.27. The topological polar surface area (TPSA) is 38.8 Å². The Balaban J connectivity index is 1.50. The highest BCUT2D eigenvalue weighted by molar-refractivity contribution is 7.07. The molecule has 4 nitrogen and oxygen atoms in total. The number of carbonyl (C=O) groups is 1. The number of nitrogens with zero attached hydrogens (tertiary/aromatic N) is 1. The summed E-state index contributed by atoms with van der Waals surface area (Å²) >= 11 is 1.64. The highest BCUT2D eigenvalue weighted by Crippen LogP contribution is 2.37. The van der Waals surface area contributed by atoms with Crippen LogP contribution in [0.4, 0.5) is 0 Å². The van der Waals surface area contributed by atoms with Crippen molar-refractivity contribution in [1.82, 2.24) is 4.90 Å². The fourth-order valence-electron chi connectivity index (χ4n) is 3.34. The molecule has 1 atom stereocenters. The summed E-state index contributed by atoms with van der Waals surface area (Å²) in [7, 11) is 0. The summed E-state index contributed by atoms with van der Waals surface area (Å²) in [6.07, 6.45) is 3.62. The summed E-state index contributed by atoms with van der Waals surface area (Å²) in [5.41, 5.74) is 1.08. The molecule has 1 unspecified atom stereocenters. The molecule has 1 spiro atoms. The smallest absolute Gasteiger partial charge is 0.227 e. The van der Waals surface area contributed by atoms with Crippen molar-refractivity contribution < 1.29 is 14.3 Å². The average molecular weight is 309 g/mol. The van der Waals surface area contributed by atoms with E-state index < -0.39 is 0 Å². The van der Waals surface area contributed by atoms with Crippen molar-refractivity contribution in [3.8, 4) is 0 Å². The Morgan fingerprint density at radius 3 is 3.00 bits per heavy atom. The van der Waals surface area contributed by atoms with Crippen LogP contribution < -0.4 is 0 Å². The second-order valence-electron chi connectivity index (χ2n) is 5.96. The monoisotopic (exact) mass is 309 g/mol. The fraction of sp³-hybridized carbons (Fsp3) is 0.688. The lowest BCUT2D eigenvalue weighted by Crippen LogP contribution is -2.47. The molecule has 2 aliphatic rings. The molecule has 1 amide bonds. The first-order valence-electron chi connectivity index (χ1n) is 7.75. The Kier molecular flexibility index (Phi) is 4.62. The maximum absolute atomic E-state index is 12.3. The lowest BCUT2D eigenvalue weighted by molar-refractivity contribution is -0.135. The van der Waals surface area contributed by atoms with Crippen LogP contribution in [0.5, 0.6) is 0 Å². The number of amides is 1. The van der Waals surface area contributed by atoms with Crippen molar-refractivity contribution in [1.29, 1.82) is 0 Å². The molecular formula is C16H23NO3S. The molecule has 0 radical (unpaired) electrons. The van der Waals surface area contributed by atoms with Crippen molar-refractivity contribution in [2.24, 2.45) is 0 Å². The van der Waals surface area contributed by atoms with Crippen molar-refractivity contribution in [3.05, 3.63) is 22.4 Å². The predicted molar refractivity (Wildman–Crippen MR) is 82.6 cm³/mol. The highest BCUT2D eigenvalue weighted by Gasteiger charge is 2.43. The Morgan fingerprint density at radius 1 is 1.52 bits per heavy atom. The zero-order valence-corrected chi connectivity index (χ0v) is 13.4. The standard InChI is InChI=1S/C16H23NO3S/c1-2-19-14-10-16(20-11-14)4-6-17(7-5-16)15(18)9-13-3-8-21-12-13/h3,8,12,14H,2,4-7,9-11H2,1H3. The van der Waals surface area contributed by atoms with Crippen LogP contribution in [0, 0.1) is 0 Å². The first-order valence-corrected chi connectivity index (χ1v) is 8.69. The van der Waals surface area contributed by atoms with E-state index in [1.165, 1.54) is 0 Å². The molecule has 2 aliphatic heterocycles. The van der Waals surface area contributed by atoms with Gasteiger partial charge in [0.1, 0.15) is 0 Å². The number of likely N-dealkylation sites (tertiary alicyclic amines) is 1. The van der Waals surface area contributed by atoms with Crippen LogP contribution in [0.3, 0.4) is 0 Å². The molecule has 5 heteroatoms. The molecule has 0 N–H and O–H groups in total. The SMILES string of the molecule is CCOC1COC2(CCN(C(=O)Cc3ccsc3)CC2)C1. The van der Waals surface area contributed by atoms with Crippen LogP contribution in [0.15, 0.2) is 16.8 Å². The summed E-state index contributed by atoms with van der Waals surface area (Å²) in [4.78, 5) is 14.3. The van der Waals surface area contributed by atoms with Crippen molar-refractivity contribution >= 4 is 17.2 Å². The van der Waals surface area contributed by atoms with Crippen LogP contribution in [0.1, 0.15) is 31.7 Å². The van der Waals surface area contributed by atoms with Gasteiger partial charge in [-0.05, 0) is 42.2 Å². The van der Waals surface area contributed by atoms with Crippen molar-refractivity contribution in [3.63, 3.8) is 0 Å². The molecule has 0 saturated carbocycles. The zero-order valence-electron chi connectivity index (χ0n) is 12.5. The summed E-state index contributed by atoms with van der Waals surface area (Å²) in [6, 6.07) is 2.03. The summed E-state index contributed by atoms with van der Waals surface area (Å²) in [5.74, 6) is 0.239. The number of hydrogen-bond acceptors (Lipinski definition) is 4. The van der Waals surface area contributed by atoms with Gasteiger partial charge in [0.2, 0.25) is 5.91 Å². The summed E-state index contributed by atoms with van der Waals surface area (Å²) in [5, 5.41) is 4.07. The minimum Gasteiger partial charge on any atom is -0.376 e. The quantitative estimate of drug-likeness (QED) is 0.858. The van der Waals surface area contributed by atoms with E-state index in [4.69, 9.17) is 9.47 Å². The molecule has 1 aromatic rings. The van der Waals surface area contributed by atoms with Gasteiger partial charge < -0.3 is 14.4 Å². The minimum atomic E-state index is -0.0427. The van der Waals surface area contributed by atoms with Crippen molar-refractivity contribution in [2.75, 3.05) is 26.3 Å².